The van der Waals surface area contributed by atoms with Crippen LogP contribution >= 0.6 is 15.9 Å². The van der Waals surface area contributed by atoms with Crippen LogP contribution in [0, 0.1) is 13.8 Å². The molecular formula is C22H21BrN8O4. The van der Waals surface area contributed by atoms with Crippen molar-refractivity contribution in [3.8, 4) is 17.3 Å². The largest absolute Gasteiger partial charge is 0.493 e. The number of halogens is 1. The maximum absolute atomic E-state index is 12.5. The SMILES string of the molecule is COc1cc(/C=N/NC(=O)c2nnn(-c3nonc3N)c2C)cc(Br)c1OCc1ccccc1C. The minimum absolute atomic E-state index is 0.0221. The van der Waals surface area contributed by atoms with Crippen LogP contribution in [0.4, 0.5) is 5.82 Å². The van der Waals surface area contributed by atoms with E-state index in [0.717, 1.165) is 11.1 Å². The number of nitrogen functional groups attached to an aromatic ring is 1. The number of ether oxygens (including phenoxy) is 2. The Kier molecular flexibility index (Phi) is 7.06. The molecule has 4 aromatic rings. The number of methoxy groups -OCH3 is 1. The smallest absolute Gasteiger partial charge is 0.293 e. The number of aryl methyl sites for hydroxylation is 1. The number of anilines is 1. The van der Waals surface area contributed by atoms with Crippen LogP contribution < -0.4 is 20.6 Å². The average molecular weight is 541 g/mol. The van der Waals surface area contributed by atoms with Crippen molar-refractivity contribution in [3.63, 3.8) is 0 Å². The third-order valence-electron chi connectivity index (χ3n) is 5.07. The minimum Gasteiger partial charge on any atom is -0.493 e. The maximum atomic E-state index is 12.5. The van der Waals surface area contributed by atoms with E-state index >= 15 is 0 Å². The fourth-order valence-corrected chi connectivity index (χ4v) is 3.75. The van der Waals surface area contributed by atoms with Crippen molar-refractivity contribution >= 4 is 33.9 Å². The van der Waals surface area contributed by atoms with Gasteiger partial charge in [0.05, 0.1) is 23.5 Å². The monoisotopic (exact) mass is 540 g/mol. The molecule has 2 aromatic heterocycles. The van der Waals surface area contributed by atoms with Gasteiger partial charge in [0.15, 0.2) is 17.2 Å². The fraction of sp³-hybridized carbons (Fsp3) is 0.182. The van der Waals surface area contributed by atoms with Crippen LogP contribution in [0.15, 0.2) is 50.6 Å². The van der Waals surface area contributed by atoms with Crippen molar-refractivity contribution in [1.29, 1.82) is 0 Å². The van der Waals surface area contributed by atoms with Crippen molar-refractivity contribution in [1.82, 2.24) is 30.7 Å². The second-order valence-electron chi connectivity index (χ2n) is 7.36. The van der Waals surface area contributed by atoms with E-state index in [1.54, 1.807) is 26.2 Å². The number of nitrogens with one attached hydrogen (secondary N) is 1. The molecule has 0 unspecified atom stereocenters. The van der Waals surface area contributed by atoms with Crippen LogP contribution in [0.5, 0.6) is 11.5 Å². The summed E-state index contributed by atoms with van der Waals surface area (Å²) >= 11 is 3.52. The van der Waals surface area contributed by atoms with Crippen molar-refractivity contribution in [3.05, 3.63) is 68.9 Å². The molecule has 0 atom stereocenters. The summed E-state index contributed by atoms with van der Waals surface area (Å²) in [6.45, 7) is 4.05. The highest BCUT2D eigenvalue weighted by molar-refractivity contribution is 9.10. The van der Waals surface area contributed by atoms with Crippen LogP contribution in [-0.4, -0.2) is 44.5 Å². The van der Waals surface area contributed by atoms with E-state index in [9.17, 15) is 4.79 Å². The molecule has 0 fully saturated rings. The number of benzene rings is 2. The van der Waals surface area contributed by atoms with E-state index in [1.807, 2.05) is 31.2 Å². The summed E-state index contributed by atoms with van der Waals surface area (Å²) < 4.78 is 18.0. The second kappa shape index (κ2) is 10.3. The quantitative estimate of drug-likeness (QED) is 0.253. The highest BCUT2D eigenvalue weighted by Crippen LogP contribution is 2.37. The predicted octanol–water partition coefficient (Wildman–Crippen LogP) is 2.96. The van der Waals surface area contributed by atoms with Gasteiger partial charge < -0.3 is 15.2 Å². The van der Waals surface area contributed by atoms with Gasteiger partial charge in [0.25, 0.3) is 5.91 Å². The number of amides is 1. The molecule has 35 heavy (non-hydrogen) atoms. The molecule has 0 saturated heterocycles. The molecule has 0 aliphatic carbocycles. The molecule has 2 heterocycles. The van der Waals surface area contributed by atoms with Gasteiger partial charge in [-0.3, -0.25) is 4.79 Å². The molecule has 0 aliphatic rings. The highest BCUT2D eigenvalue weighted by Gasteiger charge is 2.20. The van der Waals surface area contributed by atoms with Gasteiger partial charge >= 0.3 is 0 Å². The molecule has 0 saturated carbocycles. The number of carbonyl (C=O) groups excluding carboxylic acids is 1. The van der Waals surface area contributed by atoms with Crippen molar-refractivity contribution in [2.24, 2.45) is 5.10 Å². The van der Waals surface area contributed by atoms with Gasteiger partial charge in [0.1, 0.15) is 6.61 Å². The zero-order valence-electron chi connectivity index (χ0n) is 19.0. The van der Waals surface area contributed by atoms with E-state index in [4.69, 9.17) is 15.2 Å². The Hall–Kier alpha value is -4.26. The summed E-state index contributed by atoms with van der Waals surface area (Å²) in [6.07, 6.45) is 1.47. The van der Waals surface area contributed by atoms with Crippen molar-refractivity contribution < 1.29 is 18.9 Å². The minimum atomic E-state index is -0.566. The molecule has 0 radical (unpaired) electrons. The van der Waals surface area contributed by atoms with Gasteiger partial charge in [-0.25, -0.2) is 10.1 Å². The standard InChI is InChI=1S/C22H21BrN8O4/c1-12-6-4-5-7-15(12)11-34-19-16(23)8-14(9-17(19)33-3)10-25-27-22(32)18-13(2)31(30-26-18)21-20(24)28-35-29-21/h4-10H,11H2,1-3H3,(H2,24,28)(H,27,32)/b25-10+. The number of rotatable bonds is 8. The third kappa shape index (κ3) is 5.14. The van der Waals surface area contributed by atoms with Crippen molar-refractivity contribution in [2.45, 2.75) is 20.5 Å². The van der Waals surface area contributed by atoms with Gasteiger partial charge in [-0.2, -0.15) is 9.78 Å². The van der Waals surface area contributed by atoms with Crippen LogP contribution in [0.2, 0.25) is 0 Å². The molecule has 3 N–H and O–H groups in total. The van der Waals surface area contributed by atoms with Gasteiger partial charge in [-0.15, -0.1) is 5.10 Å². The normalized spacial score (nSPS) is 11.1. The lowest BCUT2D eigenvalue weighted by Crippen LogP contribution is -2.19. The fourth-order valence-electron chi connectivity index (χ4n) is 3.17. The zero-order valence-corrected chi connectivity index (χ0v) is 20.6. The number of nitrogens with zero attached hydrogens (tertiary/aromatic N) is 6. The Labute approximate surface area is 208 Å². The molecule has 0 spiro atoms. The summed E-state index contributed by atoms with van der Waals surface area (Å²) in [7, 11) is 1.55. The second-order valence-corrected chi connectivity index (χ2v) is 8.21. The summed E-state index contributed by atoms with van der Waals surface area (Å²) in [5, 5.41) is 18.9. The topological polar surface area (TPSA) is 156 Å². The highest BCUT2D eigenvalue weighted by atomic mass is 79.9. The summed E-state index contributed by atoms with van der Waals surface area (Å²) in [4.78, 5) is 12.5. The first-order valence-corrected chi connectivity index (χ1v) is 11.1. The summed E-state index contributed by atoms with van der Waals surface area (Å²) in [5.74, 6) is 0.668. The predicted molar refractivity (Wildman–Crippen MR) is 130 cm³/mol. The van der Waals surface area contributed by atoms with E-state index in [-0.39, 0.29) is 17.3 Å². The first kappa shape index (κ1) is 23.9. The molecule has 0 bridgehead atoms. The van der Waals surface area contributed by atoms with Crippen molar-refractivity contribution in [2.75, 3.05) is 12.8 Å². The molecule has 2 aromatic carbocycles. The van der Waals surface area contributed by atoms with E-state index < -0.39 is 5.91 Å². The number of hydrogen-bond acceptors (Lipinski definition) is 10. The molecule has 1 amide bonds. The van der Waals surface area contributed by atoms with Gasteiger partial charge in [0, 0.05) is 0 Å². The first-order valence-electron chi connectivity index (χ1n) is 10.3. The average Bonchev–Trinajstić information content (AvgIpc) is 3.43. The lowest BCUT2D eigenvalue weighted by molar-refractivity contribution is 0.0949. The molecule has 13 heteroatoms. The van der Waals surface area contributed by atoms with E-state index in [0.29, 0.717) is 33.8 Å². The van der Waals surface area contributed by atoms with Gasteiger partial charge in [-0.1, -0.05) is 29.5 Å². The van der Waals surface area contributed by atoms with Crippen LogP contribution in [0.25, 0.3) is 5.82 Å². The van der Waals surface area contributed by atoms with Crippen LogP contribution in [0.3, 0.4) is 0 Å². The van der Waals surface area contributed by atoms with E-state index in [1.165, 1.54) is 10.9 Å². The molecule has 12 nitrogen and oxygen atoms in total. The third-order valence-corrected chi connectivity index (χ3v) is 5.66. The molecule has 0 aliphatic heterocycles. The number of nitrogens with two attached hydrogens (primary N) is 1. The Morgan fingerprint density at radius 3 is 2.80 bits per heavy atom. The summed E-state index contributed by atoms with van der Waals surface area (Å²) in [6, 6.07) is 11.5. The van der Waals surface area contributed by atoms with Crippen LogP contribution in [-0.2, 0) is 6.61 Å². The Morgan fingerprint density at radius 1 is 1.29 bits per heavy atom. The molecule has 4 rings (SSSR count). The number of aromatic nitrogens is 5. The van der Waals surface area contributed by atoms with Gasteiger partial charge in [0.2, 0.25) is 11.6 Å². The molecule has 180 valence electrons. The Morgan fingerprint density at radius 2 is 2.09 bits per heavy atom. The van der Waals surface area contributed by atoms with Gasteiger partial charge in [-0.05, 0) is 68.9 Å². The molecular weight excluding hydrogens is 520 g/mol. The summed E-state index contributed by atoms with van der Waals surface area (Å²) in [5.41, 5.74) is 11.4. The lowest BCUT2D eigenvalue weighted by Gasteiger charge is -2.14. The Bertz CT molecular complexity index is 1400. The zero-order chi connectivity index (χ0) is 24.9. The maximum Gasteiger partial charge on any atom is 0.293 e. The van der Waals surface area contributed by atoms with Crippen LogP contribution in [0.1, 0.15) is 32.9 Å². The number of carbonyl (C=O) groups is 1. The Balaban J connectivity index is 1.45. The number of hydrogen-bond donors (Lipinski definition) is 2. The lowest BCUT2D eigenvalue weighted by atomic mass is 10.1. The first-order chi connectivity index (χ1) is 16.9. The van der Waals surface area contributed by atoms with E-state index in [2.05, 4.69) is 51.7 Å². The number of hydrazone groups is 1.